The van der Waals surface area contributed by atoms with E-state index in [0.29, 0.717) is 6.04 Å². The minimum Gasteiger partial charge on any atom is -0.381 e. The van der Waals surface area contributed by atoms with Crippen LogP contribution in [0, 0.1) is 5.41 Å². The van der Waals surface area contributed by atoms with Crippen LogP contribution in [0.1, 0.15) is 50.3 Å². The molecule has 1 atom stereocenters. The van der Waals surface area contributed by atoms with Crippen LogP contribution >= 0.6 is 15.9 Å². The summed E-state index contributed by atoms with van der Waals surface area (Å²) in [6, 6.07) is 2.85. The van der Waals surface area contributed by atoms with Gasteiger partial charge in [0.1, 0.15) is 0 Å². The molecule has 0 radical (unpaired) electrons. The van der Waals surface area contributed by atoms with Gasteiger partial charge in [-0.25, -0.2) is 0 Å². The third-order valence-electron chi connectivity index (χ3n) is 4.64. The zero-order chi connectivity index (χ0) is 13.1. The van der Waals surface area contributed by atoms with Crippen LogP contribution in [0.4, 0.5) is 0 Å². The second-order valence-corrected chi connectivity index (χ2v) is 6.75. The largest absolute Gasteiger partial charge is 0.381 e. The van der Waals surface area contributed by atoms with Gasteiger partial charge >= 0.3 is 0 Å². The fraction of sp³-hybridized carbons (Fsp3) is 0.800. The lowest BCUT2D eigenvalue weighted by Gasteiger charge is -2.24. The Labute approximate surface area is 123 Å². The molecule has 1 saturated heterocycles. The van der Waals surface area contributed by atoms with Crippen molar-refractivity contribution in [2.24, 2.45) is 5.41 Å². The smallest absolute Gasteiger partial charge is 0.0631 e. The average molecular weight is 327 g/mol. The molecule has 0 N–H and O–H groups in total. The lowest BCUT2D eigenvalue weighted by molar-refractivity contribution is 0.161. The Hall–Kier alpha value is -0.350. The maximum atomic E-state index is 5.58. The molecule has 0 aromatic carbocycles. The molecule has 0 bridgehead atoms. The maximum Gasteiger partial charge on any atom is 0.0631 e. The van der Waals surface area contributed by atoms with E-state index >= 15 is 0 Å². The predicted octanol–water partition coefficient (Wildman–Crippen LogP) is 3.73. The van der Waals surface area contributed by atoms with Gasteiger partial charge in [0.05, 0.1) is 18.3 Å². The molecule has 0 amide bonds. The first-order valence-corrected chi connectivity index (χ1v) is 8.61. The molecule has 3 rings (SSSR count). The lowest BCUT2D eigenvalue weighted by atomic mass is 9.85. The van der Waals surface area contributed by atoms with Gasteiger partial charge in [0.25, 0.3) is 0 Å². The Balaban J connectivity index is 1.67. The normalized spacial score (nSPS) is 28.9. The van der Waals surface area contributed by atoms with Crippen molar-refractivity contribution in [3.05, 3.63) is 18.0 Å². The fourth-order valence-corrected chi connectivity index (χ4v) is 3.99. The van der Waals surface area contributed by atoms with Gasteiger partial charge in [0.2, 0.25) is 0 Å². The summed E-state index contributed by atoms with van der Waals surface area (Å²) < 4.78 is 7.80. The van der Waals surface area contributed by atoms with Gasteiger partial charge in [-0.1, -0.05) is 35.2 Å². The molecular weight excluding hydrogens is 304 g/mol. The van der Waals surface area contributed by atoms with Crippen LogP contribution in [-0.4, -0.2) is 28.3 Å². The molecule has 2 fully saturated rings. The molecule has 1 aromatic rings. The average Bonchev–Trinajstić information content (AvgIpc) is 3.10. The van der Waals surface area contributed by atoms with Crippen molar-refractivity contribution in [1.29, 1.82) is 0 Å². The highest BCUT2D eigenvalue weighted by Gasteiger charge is 2.34. The summed E-state index contributed by atoms with van der Waals surface area (Å²) in [6.07, 6.45) is 11.1. The predicted molar refractivity (Wildman–Crippen MR) is 79.7 cm³/mol. The number of alkyl halides is 1. The fourth-order valence-electron chi connectivity index (χ4n) is 3.35. The molecule has 4 heteroatoms. The minimum absolute atomic E-state index is 0.270. The van der Waals surface area contributed by atoms with Gasteiger partial charge in [-0.3, -0.25) is 4.68 Å². The minimum atomic E-state index is 0.270. The topological polar surface area (TPSA) is 27.1 Å². The van der Waals surface area contributed by atoms with Gasteiger partial charge < -0.3 is 4.74 Å². The molecule has 1 unspecified atom stereocenters. The molecular formula is C15H23BrN2O. The Morgan fingerprint density at radius 2 is 2.21 bits per heavy atom. The van der Waals surface area contributed by atoms with Crippen molar-refractivity contribution in [2.45, 2.75) is 51.0 Å². The third kappa shape index (κ3) is 3.05. The molecule has 0 spiro atoms. The van der Waals surface area contributed by atoms with E-state index in [1.807, 2.05) is 0 Å². The van der Waals surface area contributed by atoms with Crippen LogP contribution in [-0.2, 0) is 11.2 Å². The second-order valence-electron chi connectivity index (χ2n) is 6.19. The van der Waals surface area contributed by atoms with E-state index in [0.717, 1.165) is 31.4 Å². The highest BCUT2D eigenvalue weighted by atomic mass is 79.9. The number of rotatable bonds is 4. The molecule has 2 heterocycles. The highest BCUT2D eigenvalue weighted by Crippen LogP contribution is 2.34. The van der Waals surface area contributed by atoms with Crippen LogP contribution in [0.2, 0.25) is 0 Å². The summed E-state index contributed by atoms with van der Waals surface area (Å²) >= 11 is 3.66. The van der Waals surface area contributed by atoms with E-state index in [2.05, 4.69) is 32.9 Å². The Bertz CT molecular complexity index is 406. The van der Waals surface area contributed by atoms with Crippen molar-refractivity contribution >= 4 is 15.9 Å². The monoisotopic (exact) mass is 326 g/mol. The maximum absolute atomic E-state index is 5.58. The zero-order valence-electron chi connectivity index (χ0n) is 11.5. The van der Waals surface area contributed by atoms with E-state index in [-0.39, 0.29) is 5.41 Å². The van der Waals surface area contributed by atoms with Gasteiger partial charge in [-0.2, -0.15) is 5.10 Å². The molecule has 2 aliphatic rings. The first-order chi connectivity index (χ1) is 9.31. The van der Waals surface area contributed by atoms with Gasteiger partial charge in [0.15, 0.2) is 0 Å². The number of hydrogen-bond donors (Lipinski definition) is 0. The van der Waals surface area contributed by atoms with Crippen LogP contribution in [0.15, 0.2) is 12.3 Å². The SMILES string of the molecule is BrCC1(Cc2ccn(C3CCCCC3)n2)CCOC1. The molecule has 3 nitrogen and oxygen atoms in total. The quantitative estimate of drug-likeness (QED) is 0.788. The van der Waals surface area contributed by atoms with Crippen molar-refractivity contribution in [3.63, 3.8) is 0 Å². The first kappa shape index (κ1) is 13.6. The Morgan fingerprint density at radius 3 is 2.89 bits per heavy atom. The first-order valence-electron chi connectivity index (χ1n) is 7.49. The standard InChI is InChI=1S/C15H23BrN2O/c16-11-15(7-9-19-12-15)10-13-6-8-18(17-13)14-4-2-1-3-5-14/h6,8,14H,1-5,7,9-12H2. The van der Waals surface area contributed by atoms with Crippen molar-refractivity contribution in [3.8, 4) is 0 Å². The summed E-state index contributed by atoms with van der Waals surface area (Å²) in [5, 5.41) is 5.84. The Kier molecular flexibility index (Phi) is 4.27. The molecule has 1 saturated carbocycles. The summed E-state index contributed by atoms with van der Waals surface area (Å²) in [4.78, 5) is 0. The molecule has 19 heavy (non-hydrogen) atoms. The number of nitrogens with zero attached hydrogens (tertiary/aromatic N) is 2. The molecule has 1 aromatic heterocycles. The van der Waals surface area contributed by atoms with Crippen LogP contribution in [0.3, 0.4) is 0 Å². The summed E-state index contributed by atoms with van der Waals surface area (Å²) in [7, 11) is 0. The van der Waals surface area contributed by atoms with Crippen molar-refractivity contribution < 1.29 is 4.74 Å². The molecule has 1 aliphatic heterocycles. The molecule has 1 aliphatic carbocycles. The summed E-state index contributed by atoms with van der Waals surface area (Å²) in [6.45, 7) is 1.77. The summed E-state index contributed by atoms with van der Waals surface area (Å²) in [5.74, 6) is 0. The van der Waals surface area contributed by atoms with E-state index < -0.39 is 0 Å². The number of ether oxygens (including phenoxy) is 1. The Morgan fingerprint density at radius 1 is 1.37 bits per heavy atom. The second kappa shape index (κ2) is 5.96. The van der Waals surface area contributed by atoms with Crippen LogP contribution in [0.25, 0.3) is 0 Å². The lowest BCUT2D eigenvalue weighted by Crippen LogP contribution is -2.26. The van der Waals surface area contributed by atoms with Crippen molar-refractivity contribution in [1.82, 2.24) is 9.78 Å². The summed E-state index contributed by atoms with van der Waals surface area (Å²) in [5.41, 5.74) is 1.50. The van der Waals surface area contributed by atoms with Gasteiger partial charge in [-0.05, 0) is 25.3 Å². The van der Waals surface area contributed by atoms with Crippen molar-refractivity contribution in [2.75, 3.05) is 18.5 Å². The number of halogens is 1. The van der Waals surface area contributed by atoms with E-state index in [1.165, 1.54) is 37.8 Å². The van der Waals surface area contributed by atoms with Gasteiger partial charge in [0, 0.05) is 30.0 Å². The number of aromatic nitrogens is 2. The number of hydrogen-bond acceptors (Lipinski definition) is 2. The third-order valence-corrected chi connectivity index (χ3v) is 5.83. The molecule has 106 valence electrons. The highest BCUT2D eigenvalue weighted by molar-refractivity contribution is 9.09. The van der Waals surface area contributed by atoms with E-state index in [9.17, 15) is 0 Å². The van der Waals surface area contributed by atoms with Crippen LogP contribution in [0.5, 0.6) is 0 Å². The van der Waals surface area contributed by atoms with Gasteiger partial charge in [-0.15, -0.1) is 0 Å². The van der Waals surface area contributed by atoms with Crippen LogP contribution < -0.4 is 0 Å². The van der Waals surface area contributed by atoms with E-state index in [1.54, 1.807) is 0 Å². The zero-order valence-corrected chi connectivity index (χ0v) is 13.1. The van der Waals surface area contributed by atoms with E-state index in [4.69, 9.17) is 9.84 Å².